The Labute approximate surface area is 73.1 Å². The van der Waals surface area contributed by atoms with Crippen LogP contribution in [0.4, 0.5) is 0 Å². The molecule has 0 spiro atoms. The Kier molecular flexibility index (Phi) is 11.2. The smallest absolute Gasteiger partial charge is 0.302 e. The van der Waals surface area contributed by atoms with Crippen molar-refractivity contribution in [1.29, 1.82) is 0 Å². The van der Waals surface area contributed by atoms with Crippen molar-refractivity contribution in [2.75, 3.05) is 6.61 Å². The molecule has 0 aromatic rings. The van der Waals surface area contributed by atoms with E-state index >= 15 is 0 Å². The average molecular weight is 175 g/mol. The van der Waals surface area contributed by atoms with Crippen molar-refractivity contribution in [3.63, 3.8) is 0 Å². The van der Waals surface area contributed by atoms with Gasteiger partial charge in [-0.05, 0) is 13.3 Å². The molecule has 0 atom stereocenters. The second-order valence-corrected chi connectivity index (χ2v) is 2.14. The van der Waals surface area contributed by atoms with E-state index in [4.69, 9.17) is 5.73 Å². The predicted molar refractivity (Wildman–Crippen MR) is 46.4 cm³/mol. The molecule has 0 rings (SSSR count). The Bertz CT molecular complexity index is 118. The highest BCUT2D eigenvalue weighted by molar-refractivity contribution is 5.73. The minimum Gasteiger partial charge on any atom is -0.466 e. The van der Waals surface area contributed by atoms with E-state index < -0.39 is 0 Å². The van der Waals surface area contributed by atoms with Crippen LogP contribution >= 0.6 is 0 Å². The van der Waals surface area contributed by atoms with Gasteiger partial charge in [-0.3, -0.25) is 9.59 Å². The molecule has 0 radical (unpaired) electrons. The number of rotatable bonds is 3. The first-order valence-electron chi connectivity index (χ1n) is 3.96. The molecule has 0 unspecified atom stereocenters. The third kappa shape index (κ3) is 23.1. The van der Waals surface area contributed by atoms with Crippen molar-refractivity contribution in [1.82, 2.24) is 0 Å². The van der Waals surface area contributed by atoms with Gasteiger partial charge in [-0.2, -0.15) is 0 Å². The number of nitrogens with two attached hydrogens (primary N) is 1. The van der Waals surface area contributed by atoms with Gasteiger partial charge in [0.1, 0.15) is 0 Å². The number of ether oxygens (including phenoxy) is 1. The van der Waals surface area contributed by atoms with E-state index in [1.807, 2.05) is 6.92 Å². The van der Waals surface area contributed by atoms with E-state index in [-0.39, 0.29) is 11.9 Å². The van der Waals surface area contributed by atoms with E-state index in [1.165, 1.54) is 6.92 Å². The average Bonchev–Trinajstić information content (AvgIpc) is 1.87. The lowest BCUT2D eigenvalue weighted by Crippen LogP contribution is -2.08. The lowest BCUT2D eigenvalue weighted by molar-refractivity contribution is -0.140. The van der Waals surface area contributed by atoms with Gasteiger partial charge in [-0.15, -0.1) is 0 Å². The van der Waals surface area contributed by atoms with Crippen molar-refractivity contribution in [3.8, 4) is 0 Å². The monoisotopic (exact) mass is 175 g/mol. The van der Waals surface area contributed by atoms with E-state index in [9.17, 15) is 9.59 Å². The van der Waals surface area contributed by atoms with Crippen LogP contribution in [0.15, 0.2) is 0 Å². The third-order valence-corrected chi connectivity index (χ3v) is 0.844. The number of hydrogen-bond donors (Lipinski definition) is 1. The van der Waals surface area contributed by atoms with Crippen LogP contribution in [0.1, 0.15) is 33.6 Å². The molecule has 12 heavy (non-hydrogen) atoms. The molecular weight excluding hydrogens is 158 g/mol. The van der Waals surface area contributed by atoms with Crippen molar-refractivity contribution < 1.29 is 14.3 Å². The molecule has 0 aliphatic heterocycles. The van der Waals surface area contributed by atoms with Crippen molar-refractivity contribution in [2.24, 2.45) is 5.73 Å². The van der Waals surface area contributed by atoms with Gasteiger partial charge in [0.05, 0.1) is 6.61 Å². The highest BCUT2D eigenvalue weighted by atomic mass is 16.5. The number of carbonyl (C=O) groups is 2. The number of hydrogen-bond acceptors (Lipinski definition) is 3. The van der Waals surface area contributed by atoms with Crippen LogP contribution in [0.3, 0.4) is 0 Å². The van der Waals surface area contributed by atoms with Gasteiger partial charge in [0.25, 0.3) is 0 Å². The minimum atomic E-state index is -0.211. The summed E-state index contributed by atoms with van der Waals surface area (Å²) >= 11 is 0. The summed E-state index contributed by atoms with van der Waals surface area (Å²) in [5.74, 6) is -0.421. The number of esters is 1. The summed E-state index contributed by atoms with van der Waals surface area (Å²) in [6.45, 7) is 5.57. The summed E-state index contributed by atoms with van der Waals surface area (Å²) in [4.78, 5) is 19.6. The van der Waals surface area contributed by atoms with Gasteiger partial charge in [0, 0.05) is 13.3 Å². The number of amides is 1. The van der Waals surface area contributed by atoms with Crippen molar-refractivity contribution in [2.45, 2.75) is 33.6 Å². The first-order chi connectivity index (χ1) is 5.54. The van der Waals surface area contributed by atoms with E-state index in [0.717, 1.165) is 6.42 Å². The zero-order chi connectivity index (χ0) is 9.98. The summed E-state index contributed by atoms with van der Waals surface area (Å²) in [6.07, 6.45) is 1.37. The first-order valence-corrected chi connectivity index (χ1v) is 3.96. The Morgan fingerprint density at radius 2 is 1.83 bits per heavy atom. The first kappa shape index (κ1) is 13.5. The summed E-state index contributed by atoms with van der Waals surface area (Å²) in [7, 11) is 0. The number of carbonyl (C=O) groups excluding carboxylic acids is 2. The third-order valence-electron chi connectivity index (χ3n) is 0.844. The fourth-order valence-corrected chi connectivity index (χ4v) is 0.450. The van der Waals surface area contributed by atoms with Crippen molar-refractivity contribution in [3.05, 3.63) is 0 Å². The van der Waals surface area contributed by atoms with Crippen LogP contribution in [0.25, 0.3) is 0 Å². The summed E-state index contributed by atoms with van der Waals surface area (Å²) in [5, 5.41) is 0. The van der Waals surface area contributed by atoms with Crippen LogP contribution in [-0.2, 0) is 14.3 Å². The molecule has 0 aliphatic carbocycles. The fourth-order valence-electron chi connectivity index (χ4n) is 0.450. The van der Waals surface area contributed by atoms with Gasteiger partial charge in [0.15, 0.2) is 0 Å². The van der Waals surface area contributed by atoms with Gasteiger partial charge < -0.3 is 10.5 Å². The predicted octanol–water partition coefficient (Wildman–Crippen LogP) is 0.841. The van der Waals surface area contributed by atoms with Crippen LogP contribution in [0.5, 0.6) is 0 Å². The zero-order valence-corrected chi connectivity index (χ0v) is 7.92. The molecule has 0 aliphatic rings. The van der Waals surface area contributed by atoms with Crippen molar-refractivity contribution >= 4 is 11.9 Å². The molecule has 0 heterocycles. The Morgan fingerprint density at radius 3 is 1.83 bits per heavy atom. The Hall–Kier alpha value is -1.06. The lowest BCUT2D eigenvalue weighted by Gasteiger charge is -1.89. The number of primary amides is 1. The maximum Gasteiger partial charge on any atom is 0.302 e. The van der Waals surface area contributed by atoms with E-state index in [1.54, 1.807) is 6.92 Å². The second kappa shape index (κ2) is 9.94. The molecule has 0 saturated heterocycles. The second-order valence-electron chi connectivity index (χ2n) is 2.14. The maximum absolute atomic E-state index is 9.82. The van der Waals surface area contributed by atoms with Gasteiger partial charge in [0.2, 0.25) is 5.91 Å². The molecular formula is C8H17NO3. The molecule has 1 amide bonds. The normalized spacial score (nSPS) is 7.92. The molecule has 0 bridgehead atoms. The maximum atomic E-state index is 9.82. The van der Waals surface area contributed by atoms with E-state index in [0.29, 0.717) is 13.0 Å². The summed E-state index contributed by atoms with van der Waals surface area (Å²) < 4.78 is 4.40. The van der Waals surface area contributed by atoms with E-state index in [2.05, 4.69) is 4.74 Å². The minimum absolute atomic E-state index is 0.211. The molecule has 4 nitrogen and oxygen atoms in total. The molecule has 0 saturated carbocycles. The summed E-state index contributed by atoms with van der Waals surface area (Å²) in [6, 6.07) is 0. The lowest BCUT2D eigenvalue weighted by atomic mass is 10.3. The molecule has 4 heteroatoms. The molecule has 0 fully saturated rings. The molecule has 72 valence electrons. The quantitative estimate of drug-likeness (QED) is 0.646. The van der Waals surface area contributed by atoms with Crippen LogP contribution in [0, 0.1) is 0 Å². The molecule has 2 N–H and O–H groups in total. The highest BCUT2D eigenvalue weighted by Crippen LogP contribution is 1.79. The van der Waals surface area contributed by atoms with Crippen LogP contribution in [-0.4, -0.2) is 18.5 Å². The fraction of sp³-hybridized carbons (Fsp3) is 0.750. The standard InChI is InChI=1S/C4H9NO.C4H8O2/c1-2-3-4(5)6;1-3-6-4(2)5/h2-3H2,1H3,(H2,5,6);3H2,1-2H3. The van der Waals surface area contributed by atoms with Crippen LogP contribution in [0.2, 0.25) is 0 Å². The topological polar surface area (TPSA) is 69.4 Å². The largest absolute Gasteiger partial charge is 0.466 e. The SMILES string of the molecule is CCCC(N)=O.CCOC(C)=O. The Balaban J connectivity index is 0. The molecule has 0 aromatic heterocycles. The molecule has 0 aromatic carbocycles. The summed E-state index contributed by atoms with van der Waals surface area (Å²) in [5.41, 5.74) is 4.76. The van der Waals surface area contributed by atoms with Gasteiger partial charge in [-0.25, -0.2) is 0 Å². The van der Waals surface area contributed by atoms with Gasteiger partial charge in [-0.1, -0.05) is 6.92 Å². The Morgan fingerprint density at radius 1 is 1.33 bits per heavy atom. The van der Waals surface area contributed by atoms with Crippen LogP contribution < -0.4 is 5.73 Å². The highest BCUT2D eigenvalue weighted by Gasteiger charge is 1.84. The van der Waals surface area contributed by atoms with Gasteiger partial charge >= 0.3 is 5.97 Å². The zero-order valence-electron chi connectivity index (χ0n) is 7.92.